The van der Waals surface area contributed by atoms with Crippen LogP contribution in [0.3, 0.4) is 0 Å². The van der Waals surface area contributed by atoms with Gasteiger partial charge in [0.15, 0.2) is 0 Å². The number of nitro groups is 1. The molecule has 106 valence electrons. The number of halogens is 2. The molecule has 1 aromatic heterocycles. The van der Waals surface area contributed by atoms with Crippen molar-refractivity contribution in [2.24, 2.45) is 0 Å². The standard InChI is InChI=1S/C13H12F2N2O3/c14-10-5-9(6-11(15)7-10)3-4-16-8-12-1-2-13(20-12)17(18)19/h1-2,5-7,16H,3-4,8H2. The van der Waals surface area contributed by atoms with E-state index in [4.69, 9.17) is 4.42 Å². The molecule has 20 heavy (non-hydrogen) atoms. The maximum Gasteiger partial charge on any atom is 0.433 e. The summed E-state index contributed by atoms with van der Waals surface area (Å²) in [5.74, 6) is -1.10. The van der Waals surface area contributed by atoms with Crippen molar-refractivity contribution >= 4 is 5.88 Å². The van der Waals surface area contributed by atoms with Gasteiger partial charge in [-0.1, -0.05) is 0 Å². The first kappa shape index (κ1) is 14.1. The maximum atomic E-state index is 12.9. The molecule has 0 spiro atoms. The molecule has 0 saturated heterocycles. The molecule has 0 fully saturated rings. The van der Waals surface area contributed by atoms with Gasteiger partial charge in [0.25, 0.3) is 0 Å². The average Bonchev–Trinajstić information content (AvgIpc) is 2.82. The number of nitrogens with one attached hydrogen (secondary N) is 1. The van der Waals surface area contributed by atoms with Gasteiger partial charge in [-0.05, 0) is 36.7 Å². The van der Waals surface area contributed by atoms with Crippen molar-refractivity contribution in [3.05, 3.63) is 63.4 Å². The van der Waals surface area contributed by atoms with Gasteiger partial charge in [0.2, 0.25) is 0 Å². The lowest BCUT2D eigenvalue weighted by molar-refractivity contribution is -0.402. The van der Waals surface area contributed by atoms with Gasteiger partial charge in [0.1, 0.15) is 22.3 Å². The Balaban J connectivity index is 1.79. The molecule has 0 aliphatic carbocycles. The topological polar surface area (TPSA) is 68.3 Å². The van der Waals surface area contributed by atoms with Gasteiger partial charge < -0.3 is 9.73 Å². The third-order valence-electron chi connectivity index (χ3n) is 2.64. The Morgan fingerprint density at radius 3 is 2.50 bits per heavy atom. The van der Waals surface area contributed by atoms with Gasteiger partial charge in [-0.15, -0.1) is 0 Å². The van der Waals surface area contributed by atoms with Crippen LogP contribution in [0.25, 0.3) is 0 Å². The van der Waals surface area contributed by atoms with Gasteiger partial charge in [0, 0.05) is 6.07 Å². The first-order chi connectivity index (χ1) is 9.54. The first-order valence-electron chi connectivity index (χ1n) is 5.93. The zero-order valence-corrected chi connectivity index (χ0v) is 10.4. The van der Waals surface area contributed by atoms with E-state index < -0.39 is 16.6 Å². The van der Waals surface area contributed by atoms with E-state index in [1.807, 2.05) is 0 Å². The summed E-state index contributed by atoms with van der Waals surface area (Å²) >= 11 is 0. The fraction of sp³-hybridized carbons (Fsp3) is 0.231. The highest BCUT2D eigenvalue weighted by Gasteiger charge is 2.11. The van der Waals surface area contributed by atoms with Crippen LogP contribution in [-0.4, -0.2) is 11.5 Å². The second-order valence-corrected chi connectivity index (χ2v) is 4.20. The van der Waals surface area contributed by atoms with Gasteiger partial charge in [-0.3, -0.25) is 10.1 Å². The molecule has 7 heteroatoms. The number of furan rings is 1. The molecule has 0 radical (unpaired) electrons. The fourth-order valence-corrected chi connectivity index (χ4v) is 1.76. The average molecular weight is 282 g/mol. The van der Waals surface area contributed by atoms with Crippen LogP contribution in [0.15, 0.2) is 34.7 Å². The Morgan fingerprint density at radius 1 is 1.20 bits per heavy atom. The molecule has 2 aromatic rings. The minimum absolute atomic E-state index is 0.311. The van der Waals surface area contributed by atoms with Crippen molar-refractivity contribution < 1.29 is 18.1 Å². The predicted molar refractivity (Wildman–Crippen MR) is 67.1 cm³/mol. The fourth-order valence-electron chi connectivity index (χ4n) is 1.76. The molecule has 0 saturated carbocycles. The van der Waals surface area contributed by atoms with Crippen LogP contribution >= 0.6 is 0 Å². The van der Waals surface area contributed by atoms with E-state index >= 15 is 0 Å². The monoisotopic (exact) mass is 282 g/mol. The Bertz CT molecular complexity index is 593. The molecule has 1 heterocycles. The normalized spacial score (nSPS) is 10.7. The Kier molecular flexibility index (Phi) is 4.41. The van der Waals surface area contributed by atoms with Crippen molar-refractivity contribution in [3.8, 4) is 0 Å². The number of hydrogen-bond donors (Lipinski definition) is 1. The van der Waals surface area contributed by atoms with Crippen LogP contribution < -0.4 is 5.32 Å². The molecule has 0 aliphatic rings. The van der Waals surface area contributed by atoms with E-state index in [0.717, 1.165) is 6.07 Å². The van der Waals surface area contributed by atoms with E-state index in [1.54, 1.807) is 0 Å². The number of rotatable bonds is 6. The number of nitrogens with zero attached hydrogens (tertiary/aromatic N) is 1. The van der Waals surface area contributed by atoms with E-state index in [2.05, 4.69) is 5.32 Å². The van der Waals surface area contributed by atoms with Crippen molar-refractivity contribution in [1.82, 2.24) is 5.32 Å². The highest BCUT2D eigenvalue weighted by molar-refractivity contribution is 5.19. The highest BCUT2D eigenvalue weighted by Crippen LogP contribution is 2.15. The quantitative estimate of drug-likeness (QED) is 0.502. The highest BCUT2D eigenvalue weighted by atomic mass is 19.1. The summed E-state index contributed by atoms with van der Waals surface area (Å²) in [5.41, 5.74) is 0.542. The zero-order chi connectivity index (χ0) is 14.5. The number of hydrogen-bond acceptors (Lipinski definition) is 4. The SMILES string of the molecule is O=[N+]([O-])c1ccc(CNCCc2cc(F)cc(F)c2)o1. The van der Waals surface area contributed by atoms with Crippen LogP contribution in [0, 0.1) is 21.7 Å². The Morgan fingerprint density at radius 2 is 1.90 bits per heavy atom. The minimum atomic E-state index is -0.612. The molecule has 1 aromatic carbocycles. The minimum Gasteiger partial charge on any atom is -0.404 e. The molecule has 5 nitrogen and oxygen atoms in total. The molecule has 0 amide bonds. The molecule has 0 aliphatic heterocycles. The van der Waals surface area contributed by atoms with Crippen LogP contribution in [0.2, 0.25) is 0 Å². The smallest absolute Gasteiger partial charge is 0.404 e. The Hall–Kier alpha value is -2.28. The van der Waals surface area contributed by atoms with Crippen molar-refractivity contribution in [3.63, 3.8) is 0 Å². The molecular weight excluding hydrogens is 270 g/mol. The lowest BCUT2D eigenvalue weighted by atomic mass is 10.1. The summed E-state index contributed by atoms with van der Waals surface area (Å²) in [6, 6.07) is 6.13. The molecular formula is C13H12F2N2O3. The summed E-state index contributed by atoms with van der Waals surface area (Å²) in [4.78, 5) is 9.80. The van der Waals surface area contributed by atoms with E-state index in [9.17, 15) is 18.9 Å². The lowest BCUT2D eigenvalue weighted by Crippen LogP contribution is -2.16. The Labute approximate surface area is 113 Å². The van der Waals surface area contributed by atoms with Crippen LogP contribution in [0.4, 0.5) is 14.7 Å². The molecule has 2 rings (SSSR count). The van der Waals surface area contributed by atoms with E-state index in [1.165, 1.54) is 24.3 Å². The van der Waals surface area contributed by atoms with E-state index in [0.29, 0.717) is 30.8 Å². The molecule has 1 N–H and O–H groups in total. The number of benzene rings is 1. The largest absolute Gasteiger partial charge is 0.433 e. The van der Waals surface area contributed by atoms with Crippen LogP contribution in [0.5, 0.6) is 0 Å². The van der Waals surface area contributed by atoms with Gasteiger partial charge >= 0.3 is 5.88 Å². The summed E-state index contributed by atoms with van der Waals surface area (Å²) in [6.45, 7) is 0.781. The van der Waals surface area contributed by atoms with Crippen LogP contribution in [-0.2, 0) is 13.0 Å². The molecule has 0 unspecified atom stereocenters. The third kappa shape index (κ3) is 3.86. The van der Waals surface area contributed by atoms with Crippen molar-refractivity contribution in [1.29, 1.82) is 0 Å². The van der Waals surface area contributed by atoms with Crippen molar-refractivity contribution in [2.45, 2.75) is 13.0 Å². The second-order valence-electron chi connectivity index (χ2n) is 4.20. The summed E-state index contributed by atoms with van der Waals surface area (Å²) < 4.78 is 30.8. The van der Waals surface area contributed by atoms with Crippen molar-refractivity contribution in [2.75, 3.05) is 6.54 Å². The second kappa shape index (κ2) is 6.25. The zero-order valence-electron chi connectivity index (χ0n) is 10.4. The first-order valence-corrected chi connectivity index (χ1v) is 5.93. The summed E-state index contributed by atoms with van der Waals surface area (Å²) in [5, 5.41) is 13.4. The lowest BCUT2D eigenvalue weighted by Gasteiger charge is -2.03. The predicted octanol–water partition coefficient (Wildman–Crippen LogP) is 2.80. The van der Waals surface area contributed by atoms with E-state index in [-0.39, 0.29) is 5.88 Å². The molecule has 0 bridgehead atoms. The third-order valence-corrected chi connectivity index (χ3v) is 2.64. The van der Waals surface area contributed by atoms with Gasteiger partial charge in [-0.2, -0.15) is 0 Å². The maximum absolute atomic E-state index is 12.9. The van der Waals surface area contributed by atoms with Gasteiger partial charge in [0.05, 0.1) is 12.6 Å². The van der Waals surface area contributed by atoms with Gasteiger partial charge in [-0.25, -0.2) is 8.78 Å². The molecule has 0 atom stereocenters. The van der Waals surface area contributed by atoms with Crippen LogP contribution in [0.1, 0.15) is 11.3 Å². The summed E-state index contributed by atoms with van der Waals surface area (Å²) in [7, 11) is 0. The summed E-state index contributed by atoms with van der Waals surface area (Å²) in [6.07, 6.45) is 0.442.